The summed E-state index contributed by atoms with van der Waals surface area (Å²) >= 11 is 0. The summed E-state index contributed by atoms with van der Waals surface area (Å²) in [6.45, 7) is 0.183. The summed E-state index contributed by atoms with van der Waals surface area (Å²) in [6.07, 6.45) is 3.08. The zero-order valence-electron chi connectivity index (χ0n) is 15.9. The van der Waals surface area contributed by atoms with Gasteiger partial charge in [-0.25, -0.2) is 18.2 Å². The number of nitrogens with two attached hydrogens (primary N) is 1. The number of alkyl halides is 2. The van der Waals surface area contributed by atoms with Crippen LogP contribution in [0.4, 0.5) is 24.7 Å². The van der Waals surface area contributed by atoms with Crippen LogP contribution in [0.3, 0.4) is 0 Å². The molecule has 0 amide bonds. The van der Waals surface area contributed by atoms with Gasteiger partial charge in [0.2, 0.25) is 0 Å². The maximum absolute atomic E-state index is 14.5. The monoisotopic (exact) mass is 405 g/mol. The van der Waals surface area contributed by atoms with Crippen LogP contribution in [0.15, 0.2) is 41.7 Å². The molecule has 0 saturated carbocycles. The Bertz CT molecular complexity index is 966. The first-order valence-electron chi connectivity index (χ1n) is 9.26. The largest absolute Gasteiger partial charge is 0.386 e. The van der Waals surface area contributed by atoms with E-state index in [0.29, 0.717) is 41.7 Å². The molecule has 1 fully saturated rings. The van der Waals surface area contributed by atoms with Crippen LogP contribution in [-0.2, 0) is 7.05 Å². The lowest BCUT2D eigenvalue weighted by atomic mass is 10.1. The molecule has 0 aliphatic carbocycles. The van der Waals surface area contributed by atoms with Gasteiger partial charge in [0.25, 0.3) is 5.92 Å². The fourth-order valence-electron chi connectivity index (χ4n) is 3.66. The summed E-state index contributed by atoms with van der Waals surface area (Å²) < 4.78 is 44.5. The van der Waals surface area contributed by atoms with E-state index in [1.807, 2.05) is 0 Å². The van der Waals surface area contributed by atoms with Gasteiger partial charge in [0.05, 0.1) is 37.7 Å². The summed E-state index contributed by atoms with van der Waals surface area (Å²) in [5, 5.41) is 7.05. The van der Waals surface area contributed by atoms with Gasteiger partial charge in [-0.05, 0) is 12.1 Å². The standard InChI is InChI=1S/C19H22F3N7/c1-27-18(28-7-6-24-11-19(21,22)12-28)16(9-26-27)29-10-17(23)25-8-15(29)13-4-2-3-5-14(13)20/h2-5,8-9,24H,6-7,10-12H2,1H3,(H2,23,25). The van der Waals surface area contributed by atoms with Crippen LogP contribution in [0.25, 0.3) is 5.70 Å². The number of benzene rings is 1. The lowest BCUT2D eigenvalue weighted by Gasteiger charge is -2.33. The Morgan fingerprint density at radius 3 is 2.83 bits per heavy atom. The van der Waals surface area contributed by atoms with E-state index in [0.717, 1.165) is 0 Å². The van der Waals surface area contributed by atoms with Crippen molar-refractivity contribution >= 4 is 23.0 Å². The predicted octanol–water partition coefficient (Wildman–Crippen LogP) is 1.78. The molecule has 0 bridgehead atoms. The van der Waals surface area contributed by atoms with Crippen LogP contribution in [0, 0.1) is 5.82 Å². The van der Waals surface area contributed by atoms with Crippen molar-refractivity contribution < 1.29 is 13.2 Å². The smallest absolute Gasteiger partial charge is 0.277 e. The van der Waals surface area contributed by atoms with E-state index in [4.69, 9.17) is 5.73 Å². The molecule has 10 heteroatoms. The highest BCUT2D eigenvalue weighted by atomic mass is 19.3. The Hall–Kier alpha value is -3.01. The quantitative estimate of drug-likeness (QED) is 0.814. The minimum atomic E-state index is -2.88. The Balaban J connectivity index is 1.77. The third kappa shape index (κ3) is 3.80. The fourth-order valence-corrected chi connectivity index (χ4v) is 3.66. The van der Waals surface area contributed by atoms with E-state index in [9.17, 15) is 13.2 Å². The maximum Gasteiger partial charge on any atom is 0.277 e. The minimum absolute atomic E-state index is 0.196. The molecular weight excluding hydrogens is 383 g/mol. The second kappa shape index (κ2) is 7.43. The lowest BCUT2D eigenvalue weighted by Crippen LogP contribution is -2.41. The SMILES string of the molecule is Cn1ncc(N2CC(N)=NC=C2c2ccccc2F)c1N1CCNCC(F)(F)C1. The molecule has 0 spiro atoms. The molecule has 154 valence electrons. The summed E-state index contributed by atoms with van der Waals surface area (Å²) in [5.41, 5.74) is 7.35. The Morgan fingerprint density at radius 1 is 1.24 bits per heavy atom. The minimum Gasteiger partial charge on any atom is -0.386 e. The summed E-state index contributed by atoms with van der Waals surface area (Å²) in [6, 6.07) is 6.34. The number of aliphatic imine (C=N–C) groups is 1. The van der Waals surface area contributed by atoms with Crippen LogP contribution in [0.5, 0.6) is 0 Å². The van der Waals surface area contributed by atoms with Crippen LogP contribution < -0.4 is 20.9 Å². The van der Waals surface area contributed by atoms with Gasteiger partial charge in [0.1, 0.15) is 17.3 Å². The van der Waals surface area contributed by atoms with Gasteiger partial charge < -0.3 is 20.9 Å². The molecule has 1 aromatic carbocycles. The highest BCUT2D eigenvalue weighted by Gasteiger charge is 2.36. The average molecular weight is 405 g/mol. The number of amidine groups is 1. The molecule has 7 nitrogen and oxygen atoms in total. The number of rotatable bonds is 3. The Labute approximate surface area is 166 Å². The molecule has 3 N–H and O–H groups in total. The molecule has 2 aromatic rings. The van der Waals surface area contributed by atoms with E-state index < -0.39 is 18.3 Å². The third-order valence-electron chi connectivity index (χ3n) is 4.96. The summed E-state index contributed by atoms with van der Waals surface area (Å²) in [5.74, 6) is -2.44. The molecule has 2 aliphatic heterocycles. The second-order valence-corrected chi connectivity index (χ2v) is 7.13. The predicted molar refractivity (Wildman–Crippen MR) is 107 cm³/mol. The molecule has 0 atom stereocenters. The first kappa shape index (κ1) is 19.3. The average Bonchev–Trinajstić information content (AvgIpc) is 2.96. The molecule has 0 unspecified atom stereocenters. The zero-order valence-corrected chi connectivity index (χ0v) is 15.9. The number of hydrogen-bond donors (Lipinski definition) is 2. The first-order chi connectivity index (χ1) is 13.9. The van der Waals surface area contributed by atoms with Crippen LogP contribution >= 0.6 is 0 Å². The van der Waals surface area contributed by atoms with Crippen LogP contribution in [-0.4, -0.2) is 54.3 Å². The van der Waals surface area contributed by atoms with Gasteiger partial charge in [-0.15, -0.1) is 0 Å². The molecule has 4 rings (SSSR count). The molecule has 2 aliphatic rings. The molecular formula is C19H22F3N7. The van der Waals surface area contributed by atoms with Gasteiger partial charge in [-0.2, -0.15) is 5.10 Å². The number of halogens is 3. The maximum atomic E-state index is 14.5. The van der Waals surface area contributed by atoms with Crippen molar-refractivity contribution in [1.29, 1.82) is 0 Å². The van der Waals surface area contributed by atoms with Crippen molar-refractivity contribution in [2.24, 2.45) is 17.8 Å². The lowest BCUT2D eigenvalue weighted by molar-refractivity contribution is 0.0155. The number of aryl methyl sites for hydroxylation is 1. The number of anilines is 2. The molecule has 3 heterocycles. The van der Waals surface area contributed by atoms with E-state index in [1.54, 1.807) is 45.9 Å². The Morgan fingerprint density at radius 2 is 2.03 bits per heavy atom. The second-order valence-electron chi connectivity index (χ2n) is 7.13. The van der Waals surface area contributed by atoms with Gasteiger partial charge in [-0.3, -0.25) is 4.68 Å². The zero-order chi connectivity index (χ0) is 20.6. The van der Waals surface area contributed by atoms with Crippen molar-refractivity contribution in [3.05, 3.63) is 48.0 Å². The number of nitrogens with one attached hydrogen (secondary N) is 1. The normalized spacial score (nSPS) is 19.6. The van der Waals surface area contributed by atoms with Crippen LogP contribution in [0.2, 0.25) is 0 Å². The van der Waals surface area contributed by atoms with Gasteiger partial charge >= 0.3 is 0 Å². The number of hydrogen-bond acceptors (Lipinski definition) is 6. The molecule has 29 heavy (non-hydrogen) atoms. The summed E-state index contributed by atoms with van der Waals surface area (Å²) in [4.78, 5) is 7.51. The fraction of sp³-hybridized carbons (Fsp3) is 0.368. The van der Waals surface area contributed by atoms with Crippen molar-refractivity contribution in [1.82, 2.24) is 15.1 Å². The van der Waals surface area contributed by atoms with Crippen molar-refractivity contribution in [3.8, 4) is 0 Å². The van der Waals surface area contributed by atoms with Gasteiger partial charge in [0, 0.05) is 25.7 Å². The van der Waals surface area contributed by atoms with E-state index in [1.165, 1.54) is 12.3 Å². The molecule has 0 radical (unpaired) electrons. The Kier molecular flexibility index (Phi) is 4.95. The van der Waals surface area contributed by atoms with Crippen molar-refractivity contribution in [2.75, 3.05) is 42.5 Å². The van der Waals surface area contributed by atoms with E-state index in [-0.39, 0.29) is 13.1 Å². The number of nitrogens with zero attached hydrogens (tertiary/aromatic N) is 5. The van der Waals surface area contributed by atoms with Gasteiger partial charge in [0.15, 0.2) is 5.82 Å². The van der Waals surface area contributed by atoms with E-state index >= 15 is 0 Å². The number of aromatic nitrogens is 2. The van der Waals surface area contributed by atoms with Crippen LogP contribution in [0.1, 0.15) is 5.56 Å². The molecule has 1 aromatic heterocycles. The van der Waals surface area contributed by atoms with E-state index in [2.05, 4.69) is 15.4 Å². The highest BCUT2D eigenvalue weighted by Crippen LogP contribution is 2.37. The van der Waals surface area contributed by atoms with Crippen molar-refractivity contribution in [3.63, 3.8) is 0 Å². The highest BCUT2D eigenvalue weighted by molar-refractivity contribution is 5.96. The van der Waals surface area contributed by atoms with Gasteiger partial charge in [-0.1, -0.05) is 12.1 Å². The summed E-state index contributed by atoms with van der Waals surface area (Å²) in [7, 11) is 1.70. The third-order valence-corrected chi connectivity index (χ3v) is 4.96. The topological polar surface area (TPSA) is 74.7 Å². The first-order valence-corrected chi connectivity index (χ1v) is 9.26. The van der Waals surface area contributed by atoms with Crippen molar-refractivity contribution in [2.45, 2.75) is 5.92 Å². The molecule has 1 saturated heterocycles.